The van der Waals surface area contributed by atoms with Gasteiger partial charge in [0.1, 0.15) is 22.0 Å². The van der Waals surface area contributed by atoms with E-state index in [0.717, 1.165) is 53.0 Å². The molecule has 6 aromatic heterocycles. The second-order valence-corrected chi connectivity index (χ2v) is 19.8. The quantitative estimate of drug-likeness (QED) is 0.160. The zero-order valence-electron chi connectivity index (χ0n) is 31.3. The maximum absolute atomic E-state index is 13.2. The Bertz CT molecular complexity index is 2650. The van der Waals surface area contributed by atoms with E-state index in [2.05, 4.69) is 46.1 Å². The van der Waals surface area contributed by atoms with Crippen molar-refractivity contribution in [2.45, 2.75) is 38.9 Å². The molecule has 0 unspecified atom stereocenters. The summed E-state index contributed by atoms with van der Waals surface area (Å²) in [6, 6.07) is 2.64. The van der Waals surface area contributed by atoms with Gasteiger partial charge >= 0.3 is 7.12 Å². The van der Waals surface area contributed by atoms with Crippen molar-refractivity contribution in [2.75, 3.05) is 18.3 Å². The number of aromatic nitrogens is 8. The van der Waals surface area contributed by atoms with Crippen LogP contribution in [-0.4, -0.2) is 105 Å². The third-order valence-electron chi connectivity index (χ3n) is 8.00. The fraction of sp³-hybridized carbons (Fsp3) is 0.273. The number of halogens is 3. The molecule has 0 saturated carbocycles. The average molecular weight is 941 g/mol. The summed E-state index contributed by atoms with van der Waals surface area (Å²) < 4.78 is 87.4. The molecule has 0 aliphatic carbocycles. The number of thiazole rings is 2. The molecule has 25 heteroatoms. The summed E-state index contributed by atoms with van der Waals surface area (Å²) in [6.45, 7) is 7.98. The highest BCUT2D eigenvalue weighted by molar-refractivity contribution is 9.10. The third-order valence-corrected chi connectivity index (χ3v) is 11.8. The number of ketones is 1. The van der Waals surface area contributed by atoms with Crippen LogP contribution in [0.2, 0.25) is 0 Å². The summed E-state index contributed by atoms with van der Waals surface area (Å²) in [5, 5.41) is 11.8. The number of hydrogen-bond donors (Lipinski definition) is 1. The van der Waals surface area contributed by atoms with Crippen molar-refractivity contribution in [3.8, 4) is 22.6 Å². The zero-order valence-corrected chi connectivity index (χ0v) is 36.2. The van der Waals surface area contributed by atoms with Crippen molar-refractivity contribution in [2.24, 2.45) is 0 Å². The lowest BCUT2D eigenvalue weighted by Gasteiger charge is -2.32. The van der Waals surface area contributed by atoms with Gasteiger partial charge in [-0.1, -0.05) is 0 Å². The highest BCUT2D eigenvalue weighted by atomic mass is 79.9. The standard InChI is InChI=1S/C14H17BFN3O2.C13H10FN5O3S2.C6H6BrNO3S2/c1-13(2)14(3,4)21-15(20-13)10-6-18-19(9-10)12-5-11(16)7-17-8-12;1-24(21,22)18-12(20)13-17-11(7-23-13)8-3-16-19(6-8)10-2-9(14)4-15-5-10;1-13(10,11)3-4(9)6-8-5(7)2-12-6/h5-9H,1-4H3;2-7H,1H3,(H,18,20);2H,3H2,1H3. The molecular weight excluding hydrogens is 907 g/mol. The summed E-state index contributed by atoms with van der Waals surface area (Å²) >= 11 is 5.21. The van der Waals surface area contributed by atoms with Crippen LogP contribution < -0.4 is 10.2 Å². The lowest BCUT2D eigenvalue weighted by molar-refractivity contribution is 0.00578. The van der Waals surface area contributed by atoms with E-state index in [-0.39, 0.29) is 10.0 Å². The Balaban J connectivity index is 0.000000173. The minimum absolute atomic E-state index is 0.00981. The Labute approximate surface area is 348 Å². The van der Waals surface area contributed by atoms with Gasteiger partial charge in [0.25, 0.3) is 5.91 Å². The number of nitrogens with one attached hydrogen (secondary N) is 1. The van der Waals surface area contributed by atoms with Crippen molar-refractivity contribution in [3.05, 3.63) is 98.7 Å². The summed E-state index contributed by atoms with van der Waals surface area (Å²) in [7, 11) is -7.40. The summed E-state index contributed by atoms with van der Waals surface area (Å²) in [6.07, 6.45) is 13.7. The normalized spacial score (nSPS) is 14.5. The van der Waals surface area contributed by atoms with Gasteiger partial charge in [-0.2, -0.15) is 10.2 Å². The van der Waals surface area contributed by atoms with Gasteiger partial charge in [0, 0.05) is 58.8 Å². The summed E-state index contributed by atoms with van der Waals surface area (Å²) in [4.78, 5) is 38.4. The first-order valence-corrected chi connectivity index (χ1v) is 23.0. The Kier molecular flexibility index (Phi) is 13.5. The van der Waals surface area contributed by atoms with Gasteiger partial charge in [0.15, 0.2) is 19.9 Å². The van der Waals surface area contributed by atoms with E-state index >= 15 is 0 Å². The molecule has 1 N–H and O–H groups in total. The number of nitrogens with zero attached hydrogens (tertiary/aromatic N) is 8. The molecular formula is C33H33BBrF2N9O8S4. The van der Waals surface area contributed by atoms with E-state index in [1.165, 1.54) is 29.2 Å². The molecule has 6 aromatic rings. The van der Waals surface area contributed by atoms with Crippen LogP contribution >= 0.6 is 38.6 Å². The minimum atomic E-state index is -3.65. The maximum Gasteiger partial charge on any atom is 0.498 e. The number of amides is 1. The molecule has 0 bridgehead atoms. The maximum atomic E-state index is 13.2. The van der Waals surface area contributed by atoms with Crippen LogP contribution in [0.25, 0.3) is 22.6 Å². The fourth-order valence-corrected chi connectivity index (χ4v) is 7.75. The number of pyridine rings is 2. The first-order chi connectivity index (χ1) is 27.0. The van der Waals surface area contributed by atoms with E-state index in [1.807, 2.05) is 32.4 Å². The molecule has 1 fully saturated rings. The highest BCUT2D eigenvalue weighted by Gasteiger charge is 2.52. The smallest absolute Gasteiger partial charge is 0.399 e. The number of carbonyl (C=O) groups is 2. The zero-order chi connectivity index (χ0) is 42.6. The van der Waals surface area contributed by atoms with E-state index in [1.54, 1.807) is 40.2 Å². The third kappa shape index (κ3) is 12.0. The molecule has 1 amide bonds. The molecule has 0 spiro atoms. The Morgan fingerprint density at radius 1 is 0.810 bits per heavy atom. The lowest BCUT2D eigenvalue weighted by atomic mass is 9.82. The molecule has 7 heterocycles. The molecule has 58 heavy (non-hydrogen) atoms. The van der Waals surface area contributed by atoms with Crippen LogP contribution in [0.3, 0.4) is 0 Å². The first-order valence-electron chi connectivity index (χ1n) is 16.5. The van der Waals surface area contributed by atoms with Crippen LogP contribution in [0.15, 0.2) is 77.1 Å². The fourth-order valence-electron chi connectivity index (χ4n) is 4.63. The van der Waals surface area contributed by atoms with E-state index < -0.39 is 67.3 Å². The van der Waals surface area contributed by atoms with Crippen LogP contribution in [0.4, 0.5) is 8.78 Å². The van der Waals surface area contributed by atoms with Crippen molar-refractivity contribution < 1.29 is 44.5 Å². The van der Waals surface area contributed by atoms with Gasteiger partial charge in [0.2, 0.25) is 15.8 Å². The number of carbonyl (C=O) groups excluding carboxylic acids is 2. The van der Waals surface area contributed by atoms with Crippen molar-refractivity contribution >= 4 is 82.7 Å². The Morgan fingerprint density at radius 2 is 1.36 bits per heavy atom. The second-order valence-electron chi connectivity index (χ2n) is 13.4. The van der Waals surface area contributed by atoms with Gasteiger partial charge in [-0.15, -0.1) is 22.7 Å². The predicted molar refractivity (Wildman–Crippen MR) is 216 cm³/mol. The van der Waals surface area contributed by atoms with Crippen molar-refractivity contribution in [1.29, 1.82) is 0 Å². The van der Waals surface area contributed by atoms with Crippen molar-refractivity contribution in [1.82, 2.24) is 44.2 Å². The molecule has 1 aliphatic heterocycles. The number of rotatable bonds is 9. The van der Waals surface area contributed by atoms with Gasteiger partial charge in [-0.05, 0) is 43.6 Å². The van der Waals surface area contributed by atoms with Gasteiger partial charge in [-0.3, -0.25) is 19.6 Å². The molecule has 0 aromatic carbocycles. The second kappa shape index (κ2) is 17.7. The number of sulfone groups is 1. The van der Waals surface area contributed by atoms with Gasteiger partial charge in [-0.25, -0.2) is 49.7 Å². The van der Waals surface area contributed by atoms with Crippen molar-refractivity contribution in [3.63, 3.8) is 0 Å². The lowest BCUT2D eigenvalue weighted by Crippen LogP contribution is -2.41. The molecule has 0 atom stereocenters. The van der Waals surface area contributed by atoms with E-state index in [4.69, 9.17) is 9.31 Å². The SMILES string of the molecule is CC1(C)OB(c2cnn(-c3cncc(F)c3)c2)OC1(C)C.CS(=O)(=O)CC(=O)c1nc(Br)cs1.CS(=O)(=O)NC(=O)c1nc(-c2cnn(-c3cncc(F)c3)c2)cs1. The van der Waals surface area contributed by atoms with E-state index in [9.17, 15) is 35.2 Å². The number of sulfonamides is 1. The minimum Gasteiger partial charge on any atom is -0.399 e. The molecule has 1 saturated heterocycles. The van der Waals surface area contributed by atoms with Gasteiger partial charge in [0.05, 0.1) is 65.5 Å². The molecule has 1 aliphatic rings. The summed E-state index contributed by atoms with van der Waals surface area (Å²) in [5.41, 5.74) is 2.02. The number of Topliss-reactive ketones (excluding diaryl/α,β-unsaturated/α-hetero) is 1. The van der Waals surface area contributed by atoms with Crippen LogP contribution in [0.5, 0.6) is 0 Å². The first kappa shape index (κ1) is 44.4. The molecule has 7 rings (SSSR count). The summed E-state index contributed by atoms with van der Waals surface area (Å²) in [5.74, 6) is -2.63. The Hall–Kier alpha value is -4.66. The predicted octanol–water partition coefficient (Wildman–Crippen LogP) is 4.06. The van der Waals surface area contributed by atoms with Crippen LogP contribution in [0.1, 0.15) is 47.3 Å². The average Bonchev–Trinajstić information content (AvgIpc) is 3.95. The monoisotopic (exact) mass is 939 g/mol. The molecule has 306 valence electrons. The van der Waals surface area contributed by atoms with Crippen LogP contribution in [0, 0.1) is 11.6 Å². The topological polar surface area (TPSA) is 220 Å². The number of hydrogen-bond acceptors (Lipinski definition) is 16. The molecule has 0 radical (unpaired) electrons. The van der Waals surface area contributed by atoms with Crippen LogP contribution in [-0.2, 0) is 29.2 Å². The molecule has 17 nitrogen and oxygen atoms in total. The largest absolute Gasteiger partial charge is 0.498 e. The van der Waals surface area contributed by atoms with E-state index in [0.29, 0.717) is 27.2 Å². The Morgan fingerprint density at radius 3 is 1.88 bits per heavy atom. The van der Waals surface area contributed by atoms with Gasteiger partial charge < -0.3 is 9.31 Å². The highest BCUT2D eigenvalue weighted by Crippen LogP contribution is 2.36.